The van der Waals surface area contributed by atoms with Gasteiger partial charge in [-0.15, -0.1) is 0 Å². The van der Waals surface area contributed by atoms with Gasteiger partial charge in [-0.1, -0.05) is 18.0 Å². The van der Waals surface area contributed by atoms with E-state index in [9.17, 15) is 5.11 Å². The molecular weight excluding hydrogens is 276 g/mol. The van der Waals surface area contributed by atoms with Crippen LogP contribution in [0.3, 0.4) is 0 Å². The quantitative estimate of drug-likeness (QED) is 0.878. The Hall–Kier alpha value is -1.36. The van der Waals surface area contributed by atoms with E-state index in [4.69, 9.17) is 16.3 Å². The van der Waals surface area contributed by atoms with E-state index in [1.165, 1.54) is 13.5 Å². The number of hydrogen-bond acceptors (Lipinski definition) is 3. The van der Waals surface area contributed by atoms with E-state index in [1.807, 2.05) is 28.9 Å². The number of rotatable bonds is 4. The third kappa shape index (κ3) is 2.35. The van der Waals surface area contributed by atoms with Crippen molar-refractivity contribution in [3.8, 4) is 5.69 Å². The second-order valence-electron chi connectivity index (χ2n) is 5.09. The second-order valence-corrected chi connectivity index (χ2v) is 5.53. The maximum absolute atomic E-state index is 9.99. The maximum Gasteiger partial charge on any atom is 0.184 e. The fraction of sp³-hybridized carbons (Fsp3) is 0.400. The second kappa shape index (κ2) is 5.56. The molecule has 5 heteroatoms. The first-order valence-corrected chi connectivity index (χ1v) is 7.13. The van der Waals surface area contributed by atoms with Crippen LogP contribution < -0.4 is 0 Å². The summed E-state index contributed by atoms with van der Waals surface area (Å²) >= 11 is 5.93. The maximum atomic E-state index is 9.99. The molecule has 0 aliphatic heterocycles. The van der Waals surface area contributed by atoms with Crippen LogP contribution in [-0.2, 0) is 4.74 Å². The van der Waals surface area contributed by atoms with E-state index in [0.717, 1.165) is 29.8 Å². The van der Waals surface area contributed by atoms with Crippen molar-refractivity contribution in [3.05, 3.63) is 46.7 Å². The summed E-state index contributed by atoms with van der Waals surface area (Å²) in [5, 5.41) is 15.1. The van der Waals surface area contributed by atoms with Crippen LogP contribution in [-0.4, -0.2) is 22.0 Å². The molecule has 1 saturated carbocycles. The highest BCUT2D eigenvalue weighted by Crippen LogP contribution is 2.40. The Morgan fingerprint density at radius 3 is 2.60 bits per heavy atom. The molecule has 0 amide bonds. The lowest BCUT2D eigenvalue weighted by molar-refractivity contribution is -0.0778. The average Bonchev–Trinajstić information content (AvgIpc) is 2.81. The highest BCUT2D eigenvalue weighted by atomic mass is 35.5. The Balaban J connectivity index is 2.06. The van der Waals surface area contributed by atoms with Crippen LogP contribution in [0.15, 0.2) is 30.5 Å². The van der Waals surface area contributed by atoms with Gasteiger partial charge in [0.2, 0.25) is 0 Å². The number of aliphatic hydroxyl groups excluding tert-OH is 1. The molecule has 1 N–H and O–H groups in total. The zero-order chi connectivity index (χ0) is 14.1. The van der Waals surface area contributed by atoms with Crippen molar-refractivity contribution in [2.24, 2.45) is 0 Å². The fourth-order valence-electron chi connectivity index (χ4n) is 2.57. The van der Waals surface area contributed by atoms with Crippen LogP contribution in [0.1, 0.15) is 42.7 Å². The molecule has 1 unspecified atom stereocenters. The monoisotopic (exact) mass is 292 g/mol. The minimum Gasteiger partial charge on any atom is -0.364 e. The Morgan fingerprint density at radius 2 is 2.05 bits per heavy atom. The van der Waals surface area contributed by atoms with Gasteiger partial charge in [0.05, 0.1) is 17.6 Å². The summed E-state index contributed by atoms with van der Waals surface area (Å²) in [4.78, 5) is 0. The molecule has 20 heavy (non-hydrogen) atoms. The van der Waals surface area contributed by atoms with Crippen LogP contribution in [0.25, 0.3) is 5.69 Å². The predicted molar refractivity (Wildman–Crippen MR) is 77.1 cm³/mol. The number of ether oxygens (including phenoxy) is 1. The summed E-state index contributed by atoms with van der Waals surface area (Å²) in [6.07, 6.45) is 4.24. The zero-order valence-corrected chi connectivity index (χ0v) is 12.0. The number of halogens is 1. The number of aromatic nitrogens is 2. The van der Waals surface area contributed by atoms with Gasteiger partial charge >= 0.3 is 0 Å². The van der Waals surface area contributed by atoms with Crippen LogP contribution in [0.4, 0.5) is 0 Å². The molecule has 0 bridgehead atoms. The Bertz CT molecular complexity index is 590. The highest BCUT2D eigenvalue weighted by molar-refractivity contribution is 6.30. The topological polar surface area (TPSA) is 47.3 Å². The minimum atomic E-state index is -0.924. The predicted octanol–water partition coefficient (Wildman–Crippen LogP) is 3.43. The molecule has 1 aromatic carbocycles. The van der Waals surface area contributed by atoms with Crippen molar-refractivity contribution < 1.29 is 9.84 Å². The molecule has 1 aromatic heterocycles. The molecule has 1 fully saturated rings. The molecule has 1 aliphatic rings. The lowest BCUT2D eigenvalue weighted by atomic mass is 9.81. The van der Waals surface area contributed by atoms with Gasteiger partial charge in [-0.2, -0.15) is 5.10 Å². The van der Waals surface area contributed by atoms with Gasteiger partial charge < -0.3 is 9.84 Å². The van der Waals surface area contributed by atoms with Gasteiger partial charge in [0, 0.05) is 23.6 Å². The lowest BCUT2D eigenvalue weighted by Gasteiger charge is -2.28. The number of benzene rings is 1. The third-order valence-corrected chi connectivity index (χ3v) is 4.14. The average molecular weight is 293 g/mol. The summed E-state index contributed by atoms with van der Waals surface area (Å²) in [5.41, 5.74) is 2.76. The summed E-state index contributed by atoms with van der Waals surface area (Å²) in [5.74, 6) is 0.438. The van der Waals surface area contributed by atoms with Crippen molar-refractivity contribution in [1.29, 1.82) is 0 Å². The van der Waals surface area contributed by atoms with Gasteiger partial charge in [0.1, 0.15) is 0 Å². The molecule has 3 rings (SSSR count). The van der Waals surface area contributed by atoms with Crippen molar-refractivity contribution in [2.75, 3.05) is 7.11 Å². The first-order valence-electron chi connectivity index (χ1n) is 6.75. The van der Waals surface area contributed by atoms with Gasteiger partial charge in [-0.25, -0.2) is 4.68 Å². The van der Waals surface area contributed by atoms with Gasteiger partial charge in [-0.3, -0.25) is 0 Å². The van der Waals surface area contributed by atoms with Crippen LogP contribution in [0.2, 0.25) is 5.02 Å². The first-order chi connectivity index (χ1) is 9.70. The Kier molecular flexibility index (Phi) is 3.78. The van der Waals surface area contributed by atoms with Gasteiger partial charge in [-0.05, 0) is 37.1 Å². The molecule has 1 atom stereocenters. The smallest absolute Gasteiger partial charge is 0.184 e. The molecule has 106 valence electrons. The van der Waals surface area contributed by atoms with Gasteiger partial charge in [0.25, 0.3) is 0 Å². The van der Waals surface area contributed by atoms with Crippen molar-refractivity contribution in [3.63, 3.8) is 0 Å². The lowest BCUT2D eigenvalue weighted by Crippen LogP contribution is -2.17. The number of aliphatic hydroxyl groups is 1. The SMILES string of the molecule is COC(O)c1cnn(-c2ccc(Cl)cc2)c1C1CCC1. The summed E-state index contributed by atoms with van der Waals surface area (Å²) < 4.78 is 6.93. The molecule has 2 aromatic rings. The van der Waals surface area contributed by atoms with E-state index in [0.29, 0.717) is 10.9 Å². The molecule has 4 nitrogen and oxygen atoms in total. The van der Waals surface area contributed by atoms with E-state index in [-0.39, 0.29) is 0 Å². The Morgan fingerprint density at radius 1 is 1.35 bits per heavy atom. The molecule has 0 saturated heterocycles. The highest BCUT2D eigenvalue weighted by Gasteiger charge is 2.29. The Labute approximate surface area is 122 Å². The molecule has 1 heterocycles. The summed E-state index contributed by atoms with van der Waals surface area (Å²) in [7, 11) is 1.49. The standard InChI is InChI=1S/C15H17ClN2O2/c1-20-15(19)13-9-17-18(14(13)10-3-2-4-10)12-7-5-11(16)6-8-12/h5-10,15,19H,2-4H2,1H3. The molecule has 1 aliphatic carbocycles. The number of hydrogen-bond donors (Lipinski definition) is 1. The van der Waals surface area contributed by atoms with E-state index >= 15 is 0 Å². The zero-order valence-electron chi connectivity index (χ0n) is 11.3. The minimum absolute atomic E-state index is 0.438. The van der Waals surface area contributed by atoms with Crippen molar-refractivity contribution in [2.45, 2.75) is 31.5 Å². The van der Waals surface area contributed by atoms with E-state index in [2.05, 4.69) is 5.10 Å². The van der Waals surface area contributed by atoms with E-state index in [1.54, 1.807) is 6.20 Å². The van der Waals surface area contributed by atoms with Gasteiger partial charge in [0.15, 0.2) is 6.29 Å². The molecular formula is C15H17ClN2O2. The van der Waals surface area contributed by atoms with Crippen LogP contribution >= 0.6 is 11.6 Å². The largest absolute Gasteiger partial charge is 0.364 e. The van der Waals surface area contributed by atoms with Crippen LogP contribution in [0, 0.1) is 0 Å². The number of nitrogens with zero attached hydrogens (tertiary/aromatic N) is 2. The van der Waals surface area contributed by atoms with Crippen molar-refractivity contribution >= 4 is 11.6 Å². The fourth-order valence-corrected chi connectivity index (χ4v) is 2.69. The summed E-state index contributed by atoms with van der Waals surface area (Å²) in [6, 6.07) is 7.55. The van der Waals surface area contributed by atoms with E-state index < -0.39 is 6.29 Å². The number of methoxy groups -OCH3 is 1. The first kappa shape index (κ1) is 13.6. The molecule has 0 spiro atoms. The normalized spacial score (nSPS) is 16.9. The third-order valence-electron chi connectivity index (χ3n) is 3.89. The summed E-state index contributed by atoms with van der Waals surface area (Å²) in [6.45, 7) is 0. The van der Waals surface area contributed by atoms with Crippen LogP contribution in [0.5, 0.6) is 0 Å². The van der Waals surface area contributed by atoms with Crippen molar-refractivity contribution in [1.82, 2.24) is 9.78 Å². The molecule has 0 radical (unpaired) electrons.